The van der Waals surface area contributed by atoms with Gasteiger partial charge in [0.25, 0.3) is 0 Å². The normalized spacial score (nSPS) is 21.6. The molecule has 1 atom stereocenters. The quantitative estimate of drug-likeness (QED) is 0.663. The van der Waals surface area contributed by atoms with Gasteiger partial charge in [0.05, 0.1) is 0 Å². The van der Waals surface area contributed by atoms with Crippen molar-refractivity contribution in [1.29, 1.82) is 0 Å². The summed E-state index contributed by atoms with van der Waals surface area (Å²) < 4.78 is 0. The largest absolute Gasteiger partial charge is 0.479 e. The Morgan fingerprint density at radius 2 is 1.95 bits per heavy atom. The van der Waals surface area contributed by atoms with E-state index in [2.05, 4.69) is 10.6 Å². The molecule has 114 valence electrons. The summed E-state index contributed by atoms with van der Waals surface area (Å²) in [5.74, 6) is -1.09. The molecule has 1 heterocycles. The lowest BCUT2D eigenvalue weighted by Gasteiger charge is -2.33. The summed E-state index contributed by atoms with van der Waals surface area (Å²) in [7, 11) is 0. The molecule has 0 aromatic rings. The molecule has 3 amide bonds. The van der Waals surface area contributed by atoms with Crippen molar-refractivity contribution in [2.24, 2.45) is 0 Å². The van der Waals surface area contributed by atoms with E-state index in [1.165, 1.54) is 4.90 Å². The van der Waals surface area contributed by atoms with Gasteiger partial charge in [-0.15, -0.1) is 0 Å². The monoisotopic (exact) mass is 285 g/mol. The zero-order valence-electron chi connectivity index (χ0n) is 12.1. The van der Waals surface area contributed by atoms with Gasteiger partial charge in [-0.25, -0.2) is 9.59 Å². The second kappa shape index (κ2) is 7.12. The fraction of sp³-hybridized carbons (Fsp3) is 0.769. The highest BCUT2D eigenvalue weighted by molar-refractivity contribution is 5.87. The number of nitrogens with one attached hydrogen (secondary N) is 2. The maximum atomic E-state index is 12.1. The molecule has 1 aliphatic rings. The number of likely N-dealkylation sites (tertiary alicyclic amines) is 1. The van der Waals surface area contributed by atoms with Crippen LogP contribution in [0.3, 0.4) is 0 Å². The molecule has 0 spiro atoms. The van der Waals surface area contributed by atoms with Crippen molar-refractivity contribution in [3.05, 3.63) is 0 Å². The van der Waals surface area contributed by atoms with E-state index in [1.807, 2.05) is 6.92 Å². The van der Waals surface area contributed by atoms with Crippen LogP contribution in [0, 0.1) is 0 Å². The van der Waals surface area contributed by atoms with E-state index >= 15 is 0 Å². The summed E-state index contributed by atoms with van der Waals surface area (Å²) >= 11 is 0. The van der Waals surface area contributed by atoms with Crippen LogP contribution in [-0.4, -0.2) is 53.1 Å². The Morgan fingerprint density at radius 3 is 2.50 bits per heavy atom. The Labute approximate surface area is 118 Å². The molecule has 3 N–H and O–H groups in total. The minimum atomic E-state index is -1.10. The van der Waals surface area contributed by atoms with Gasteiger partial charge in [-0.1, -0.05) is 6.92 Å². The molecule has 1 unspecified atom stereocenters. The lowest BCUT2D eigenvalue weighted by molar-refractivity contribution is -0.148. The van der Waals surface area contributed by atoms with Crippen LogP contribution in [0.5, 0.6) is 0 Å². The molecule has 0 aromatic carbocycles. The number of nitrogens with zero attached hydrogens (tertiary/aromatic N) is 1. The molecule has 7 heteroatoms. The Kier molecular flexibility index (Phi) is 5.79. The summed E-state index contributed by atoms with van der Waals surface area (Å²) in [6, 6.07) is -0.406. The zero-order chi connectivity index (χ0) is 15.2. The van der Waals surface area contributed by atoms with Crippen LogP contribution in [0.4, 0.5) is 4.79 Å². The number of aliphatic carboxylic acids is 1. The number of hydrogen-bond acceptors (Lipinski definition) is 3. The van der Waals surface area contributed by atoms with E-state index in [0.717, 1.165) is 0 Å². The summed E-state index contributed by atoms with van der Waals surface area (Å²) in [4.78, 5) is 36.2. The Hall–Kier alpha value is -1.79. The average molecular weight is 285 g/mol. The zero-order valence-corrected chi connectivity index (χ0v) is 12.1. The molecule has 20 heavy (non-hydrogen) atoms. The molecule has 7 nitrogen and oxygen atoms in total. The second-order valence-corrected chi connectivity index (χ2v) is 4.88. The molecule has 0 aromatic heterocycles. The molecule has 0 bridgehead atoms. The van der Waals surface area contributed by atoms with Gasteiger partial charge in [-0.2, -0.15) is 0 Å². The predicted octanol–water partition coefficient (Wildman–Crippen LogP) is 0.551. The van der Waals surface area contributed by atoms with Gasteiger partial charge in [0.2, 0.25) is 5.91 Å². The van der Waals surface area contributed by atoms with Crippen LogP contribution in [0.25, 0.3) is 0 Å². The number of hydrogen-bond donors (Lipinski definition) is 3. The van der Waals surface area contributed by atoms with Gasteiger partial charge in [0.15, 0.2) is 0 Å². The number of amides is 3. The Bertz CT molecular complexity index is 386. The molecular weight excluding hydrogens is 262 g/mol. The standard InChI is InChI=1S/C13H23N3O4/c1-3-13(11(18)19)7-5-9-16(13)12(20)15-8-6-10(17)14-4-2/h3-9H2,1-2H3,(H,14,17)(H,15,20)(H,18,19). The molecule has 0 aliphatic carbocycles. The number of carboxylic acid groups (broad SMARTS) is 1. The summed E-state index contributed by atoms with van der Waals surface area (Å²) in [5, 5.41) is 14.6. The van der Waals surface area contributed by atoms with Crippen molar-refractivity contribution in [1.82, 2.24) is 15.5 Å². The van der Waals surface area contributed by atoms with Gasteiger partial charge in [0, 0.05) is 26.1 Å². The Morgan fingerprint density at radius 1 is 1.25 bits per heavy atom. The van der Waals surface area contributed by atoms with Crippen molar-refractivity contribution in [2.45, 2.75) is 45.1 Å². The van der Waals surface area contributed by atoms with Crippen LogP contribution in [0.2, 0.25) is 0 Å². The van der Waals surface area contributed by atoms with Gasteiger partial charge < -0.3 is 20.6 Å². The van der Waals surface area contributed by atoms with Crippen molar-refractivity contribution < 1.29 is 19.5 Å². The van der Waals surface area contributed by atoms with Gasteiger partial charge in [0.1, 0.15) is 5.54 Å². The van der Waals surface area contributed by atoms with E-state index in [4.69, 9.17) is 0 Å². The number of carboxylic acids is 1. The summed E-state index contributed by atoms with van der Waals surface area (Å²) in [6.45, 7) is 4.79. The molecule has 1 rings (SSSR count). The maximum Gasteiger partial charge on any atom is 0.329 e. The van der Waals surface area contributed by atoms with Crippen molar-refractivity contribution >= 4 is 17.9 Å². The number of urea groups is 1. The predicted molar refractivity (Wildman–Crippen MR) is 73.3 cm³/mol. The fourth-order valence-electron chi connectivity index (χ4n) is 2.58. The van der Waals surface area contributed by atoms with E-state index in [-0.39, 0.29) is 18.9 Å². The van der Waals surface area contributed by atoms with Gasteiger partial charge >= 0.3 is 12.0 Å². The highest BCUT2D eigenvalue weighted by Crippen LogP contribution is 2.32. The van der Waals surface area contributed by atoms with Crippen molar-refractivity contribution in [2.75, 3.05) is 19.6 Å². The average Bonchev–Trinajstić information content (AvgIpc) is 2.84. The first-order valence-electron chi connectivity index (χ1n) is 7.03. The number of carbonyl (C=O) groups excluding carboxylic acids is 2. The molecular formula is C13H23N3O4. The third-order valence-electron chi connectivity index (χ3n) is 3.72. The SMILES string of the molecule is CCNC(=O)CCNC(=O)N1CCCC1(CC)C(=O)O. The lowest BCUT2D eigenvalue weighted by Crippen LogP contribution is -2.55. The van der Waals surface area contributed by atoms with E-state index in [9.17, 15) is 19.5 Å². The molecule has 0 saturated carbocycles. The summed E-state index contributed by atoms with van der Waals surface area (Å²) in [5.41, 5.74) is -1.10. The van der Waals surface area contributed by atoms with E-state index < -0.39 is 17.5 Å². The minimum Gasteiger partial charge on any atom is -0.479 e. The van der Waals surface area contributed by atoms with Crippen LogP contribution in [0.1, 0.15) is 39.5 Å². The lowest BCUT2D eigenvalue weighted by atomic mass is 9.93. The first-order chi connectivity index (χ1) is 9.47. The van der Waals surface area contributed by atoms with Crippen LogP contribution < -0.4 is 10.6 Å². The highest BCUT2D eigenvalue weighted by Gasteiger charge is 2.48. The maximum absolute atomic E-state index is 12.1. The third kappa shape index (κ3) is 3.40. The molecule has 1 fully saturated rings. The van der Waals surface area contributed by atoms with Crippen LogP contribution in [0.15, 0.2) is 0 Å². The molecule has 0 radical (unpaired) electrons. The number of rotatable bonds is 6. The van der Waals surface area contributed by atoms with Crippen molar-refractivity contribution in [3.63, 3.8) is 0 Å². The van der Waals surface area contributed by atoms with Crippen LogP contribution >= 0.6 is 0 Å². The first-order valence-corrected chi connectivity index (χ1v) is 7.03. The topological polar surface area (TPSA) is 98.7 Å². The molecule has 1 saturated heterocycles. The fourth-order valence-corrected chi connectivity index (χ4v) is 2.58. The first kappa shape index (κ1) is 16.3. The van der Waals surface area contributed by atoms with E-state index in [0.29, 0.717) is 32.4 Å². The molecule has 1 aliphatic heterocycles. The highest BCUT2D eigenvalue weighted by atomic mass is 16.4. The number of carbonyl (C=O) groups is 3. The van der Waals surface area contributed by atoms with E-state index in [1.54, 1.807) is 6.92 Å². The van der Waals surface area contributed by atoms with Gasteiger partial charge in [-0.3, -0.25) is 4.79 Å². The third-order valence-corrected chi connectivity index (χ3v) is 3.72. The van der Waals surface area contributed by atoms with Crippen LogP contribution in [-0.2, 0) is 9.59 Å². The smallest absolute Gasteiger partial charge is 0.329 e. The Balaban J connectivity index is 2.54. The van der Waals surface area contributed by atoms with Gasteiger partial charge in [-0.05, 0) is 26.2 Å². The second-order valence-electron chi connectivity index (χ2n) is 4.88. The summed E-state index contributed by atoms with van der Waals surface area (Å²) in [6.07, 6.45) is 1.73. The minimum absolute atomic E-state index is 0.130. The van der Waals surface area contributed by atoms with Crippen molar-refractivity contribution in [3.8, 4) is 0 Å².